The predicted octanol–water partition coefficient (Wildman–Crippen LogP) is 1.46. The number of nitrogens with two attached hydrogens (primary N) is 1. The number of piperidine rings is 1. The predicted molar refractivity (Wildman–Crippen MR) is 86.2 cm³/mol. The second-order valence-electron chi connectivity index (χ2n) is 6.39. The summed E-state index contributed by atoms with van der Waals surface area (Å²) in [7, 11) is 2.19. The molecule has 0 radical (unpaired) electrons. The van der Waals surface area contributed by atoms with Gasteiger partial charge in [0, 0.05) is 6.04 Å². The molecule has 5 nitrogen and oxygen atoms in total. The molecule has 1 aliphatic rings. The topological polar surface area (TPSA) is 58.8 Å². The molecule has 1 heterocycles. The van der Waals surface area contributed by atoms with Gasteiger partial charge in [0.05, 0.1) is 6.61 Å². The van der Waals surface area contributed by atoms with Crippen LogP contribution in [-0.4, -0.2) is 67.2 Å². The van der Waals surface area contributed by atoms with Crippen molar-refractivity contribution in [1.29, 1.82) is 0 Å². The van der Waals surface area contributed by atoms with E-state index in [-0.39, 0.29) is 5.97 Å². The lowest BCUT2D eigenvalue weighted by atomic mass is 9.96. The van der Waals surface area contributed by atoms with Gasteiger partial charge < -0.3 is 20.3 Å². The van der Waals surface area contributed by atoms with Crippen LogP contribution in [0, 0.1) is 0 Å². The first-order valence-electron chi connectivity index (χ1n) is 8.29. The number of esters is 1. The Hall–Kier alpha value is -0.650. The first kappa shape index (κ1) is 18.4. The van der Waals surface area contributed by atoms with Crippen LogP contribution in [0.4, 0.5) is 0 Å². The monoisotopic (exact) mass is 299 g/mol. The lowest BCUT2D eigenvalue weighted by Crippen LogP contribution is -2.47. The minimum atomic E-state index is -0.859. The van der Waals surface area contributed by atoms with Crippen LogP contribution < -0.4 is 5.73 Å². The third-order valence-electron chi connectivity index (χ3n) is 4.58. The Bertz CT molecular complexity index is 313. The van der Waals surface area contributed by atoms with Crippen molar-refractivity contribution in [3.8, 4) is 0 Å². The Balaban J connectivity index is 2.27. The molecule has 21 heavy (non-hydrogen) atoms. The Morgan fingerprint density at radius 1 is 1.38 bits per heavy atom. The summed E-state index contributed by atoms with van der Waals surface area (Å²) in [5.41, 5.74) is 5.19. The summed E-state index contributed by atoms with van der Waals surface area (Å²) in [6.07, 6.45) is 4.07. The van der Waals surface area contributed by atoms with Crippen LogP contribution in [0.1, 0.15) is 46.5 Å². The van der Waals surface area contributed by atoms with Gasteiger partial charge in [0.25, 0.3) is 0 Å². The maximum atomic E-state index is 11.7. The number of rotatable bonds is 8. The minimum absolute atomic E-state index is 0.288. The van der Waals surface area contributed by atoms with Gasteiger partial charge in [-0.1, -0.05) is 6.92 Å². The van der Waals surface area contributed by atoms with Crippen molar-refractivity contribution in [3.05, 3.63) is 0 Å². The van der Waals surface area contributed by atoms with E-state index < -0.39 is 5.54 Å². The Morgan fingerprint density at radius 2 is 2.00 bits per heavy atom. The summed E-state index contributed by atoms with van der Waals surface area (Å²) in [6, 6.07) is 0.666. The van der Waals surface area contributed by atoms with E-state index in [0.29, 0.717) is 19.1 Å². The maximum Gasteiger partial charge on any atom is 0.325 e. The molecule has 1 saturated heterocycles. The van der Waals surface area contributed by atoms with Gasteiger partial charge in [0.1, 0.15) is 5.54 Å². The number of carbonyl (C=O) groups excluding carboxylic acids is 1. The summed E-state index contributed by atoms with van der Waals surface area (Å²) >= 11 is 0. The van der Waals surface area contributed by atoms with E-state index in [2.05, 4.69) is 23.8 Å². The summed E-state index contributed by atoms with van der Waals surface area (Å²) in [5.74, 6) is -0.288. The van der Waals surface area contributed by atoms with Crippen LogP contribution in [0.5, 0.6) is 0 Å². The molecule has 1 atom stereocenters. The van der Waals surface area contributed by atoms with Crippen molar-refractivity contribution in [1.82, 2.24) is 9.80 Å². The van der Waals surface area contributed by atoms with Gasteiger partial charge >= 0.3 is 5.97 Å². The SMILES string of the molecule is CCOC(=O)C(C)(N)CCCN(C)C1CCN(CC)CC1. The molecule has 1 aliphatic heterocycles. The molecular weight excluding hydrogens is 266 g/mol. The Labute approximate surface area is 129 Å². The van der Waals surface area contributed by atoms with Crippen LogP contribution in [0.2, 0.25) is 0 Å². The lowest BCUT2D eigenvalue weighted by Gasteiger charge is -2.36. The van der Waals surface area contributed by atoms with E-state index in [4.69, 9.17) is 10.5 Å². The number of likely N-dealkylation sites (tertiary alicyclic amines) is 1. The third kappa shape index (κ3) is 5.93. The lowest BCUT2D eigenvalue weighted by molar-refractivity contribution is -0.149. The number of nitrogens with zero attached hydrogens (tertiary/aromatic N) is 2. The number of carbonyl (C=O) groups is 1. The van der Waals surface area contributed by atoms with E-state index >= 15 is 0 Å². The molecule has 0 spiro atoms. The second kappa shape index (κ2) is 8.71. The summed E-state index contributed by atoms with van der Waals surface area (Å²) < 4.78 is 5.02. The first-order chi connectivity index (χ1) is 9.90. The number of ether oxygens (including phenoxy) is 1. The smallest absolute Gasteiger partial charge is 0.325 e. The highest BCUT2D eigenvalue weighted by Crippen LogP contribution is 2.17. The average molecular weight is 299 g/mol. The van der Waals surface area contributed by atoms with Crippen molar-refractivity contribution in [2.24, 2.45) is 5.73 Å². The zero-order chi connectivity index (χ0) is 15.9. The van der Waals surface area contributed by atoms with Gasteiger partial charge in [-0.05, 0) is 72.8 Å². The van der Waals surface area contributed by atoms with Crippen molar-refractivity contribution in [2.45, 2.75) is 58.0 Å². The second-order valence-corrected chi connectivity index (χ2v) is 6.39. The Kier molecular flexibility index (Phi) is 7.63. The molecule has 0 aromatic rings. The van der Waals surface area contributed by atoms with Gasteiger partial charge in [0.15, 0.2) is 0 Å². The van der Waals surface area contributed by atoms with Crippen molar-refractivity contribution < 1.29 is 9.53 Å². The van der Waals surface area contributed by atoms with E-state index in [1.165, 1.54) is 25.9 Å². The average Bonchev–Trinajstić information content (AvgIpc) is 2.47. The molecule has 1 fully saturated rings. The fourth-order valence-electron chi connectivity index (χ4n) is 2.95. The molecular formula is C16H33N3O2. The third-order valence-corrected chi connectivity index (χ3v) is 4.58. The van der Waals surface area contributed by atoms with Gasteiger partial charge in [-0.15, -0.1) is 0 Å². The van der Waals surface area contributed by atoms with E-state index in [9.17, 15) is 4.79 Å². The van der Waals surface area contributed by atoms with Crippen LogP contribution >= 0.6 is 0 Å². The van der Waals surface area contributed by atoms with E-state index in [0.717, 1.165) is 19.5 Å². The molecule has 2 N–H and O–H groups in total. The van der Waals surface area contributed by atoms with Gasteiger partial charge in [0.2, 0.25) is 0 Å². The zero-order valence-corrected chi connectivity index (χ0v) is 14.2. The van der Waals surface area contributed by atoms with Gasteiger partial charge in [-0.3, -0.25) is 4.79 Å². The quantitative estimate of drug-likeness (QED) is 0.688. The normalized spacial score (nSPS) is 20.5. The summed E-state index contributed by atoms with van der Waals surface area (Å²) in [6.45, 7) is 10.7. The molecule has 0 aliphatic carbocycles. The molecule has 0 saturated carbocycles. The maximum absolute atomic E-state index is 11.7. The molecule has 5 heteroatoms. The number of hydrogen-bond donors (Lipinski definition) is 1. The molecule has 0 aromatic heterocycles. The van der Waals surface area contributed by atoms with Crippen LogP contribution in [0.25, 0.3) is 0 Å². The molecule has 0 amide bonds. The molecule has 124 valence electrons. The molecule has 0 aromatic carbocycles. The van der Waals surface area contributed by atoms with Gasteiger partial charge in [-0.2, -0.15) is 0 Å². The summed E-state index contributed by atoms with van der Waals surface area (Å²) in [5, 5.41) is 0. The molecule has 1 rings (SSSR count). The van der Waals surface area contributed by atoms with Crippen LogP contribution in [0.3, 0.4) is 0 Å². The number of hydrogen-bond acceptors (Lipinski definition) is 5. The summed E-state index contributed by atoms with van der Waals surface area (Å²) in [4.78, 5) is 16.7. The Morgan fingerprint density at radius 3 is 2.52 bits per heavy atom. The molecule has 1 unspecified atom stereocenters. The highest BCUT2D eigenvalue weighted by Gasteiger charge is 2.29. The standard InChI is InChI=1S/C16H33N3O2/c1-5-19-12-8-14(9-13-19)18(4)11-7-10-16(3,17)15(20)21-6-2/h14H,5-13,17H2,1-4H3. The molecule has 0 bridgehead atoms. The fraction of sp³-hybridized carbons (Fsp3) is 0.938. The minimum Gasteiger partial charge on any atom is -0.465 e. The first-order valence-corrected chi connectivity index (χ1v) is 8.29. The van der Waals surface area contributed by atoms with E-state index in [1.54, 1.807) is 6.92 Å². The largest absolute Gasteiger partial charge is 0.465 e. The zero-order valence-electron chi connectivity index (χ0n) is 14.2. The van der Waals surface area contributed by atoms with Gasteiger partial charge in [-0.25, -0.2) is 0 Å². The fourth-order valence-corrected chi connectivity index (χ4v) is 2.95. The van der Waals surface area contributed by atoms with Crippen molar-refractivity contribution >= 4 is 5.97 Å². The highest BCUT2D eigenvalue weighted by molar-refractivity contribution is 5.79. The van der Waals surface area contributed by atoms with Crippen LogP contribution in [0.15, 0.2) is 0 Å². The van der Waals surface area contributed by atoms with Crippen LogP contribution in [-0.2, 0) is 9.53 Å². The van der Waals surface area contributed by atoms with Crippen molar-refractivity contribution in [2.75, 3.05) is 39.8 Å². The van der Waals surface area contributed by atoms with Crippen molar-refractivity contribution in [3.63, 3.8) is 0 Å². The highest BCUT2D eigenvalue weighted by atomic mass is 16.5. The van der Waals surface area contributed by atoms with E-state index in [1.807, 2.05) is 6.92 Å².